The van der Waals surface area contributed by atoms with Crippen molar-refractivity contribution in [3.63, 3.8) is 0 Å². The fraction of sp³-hybridized carbons (Fsp3) is 0.100. The van der Waals surface area contributed by atoms with Gasteiger partial charge >= 0.3 is 0 Å². The molecule has 6 heteroatoms. The highest BCUT2D eigenvalue weighted by atomic mass is 16.6. The van der Waals surface area contributed by atoms with Crippen molar-refractivity contribution < 1.29 is 9.42 Å². The maximum atomic E-state index is 11.7. The molecule has 0 atom stereocenters. The second kappa shape index (κ2) is 4.54. The van der Waals surface area contributed by atoms with E-state index < -0.39 is 0 Å². The van der Waals surface area contributed by atoms with E-state index >= 15 is 0 Å². The first kappa shape index (κ1) is 10.3. The van der Waals surface area contributed by atoms with Gasteiger partial charge < -0.3 is 11.1 Å². The summed E-state index contributed by atoms with van der Waals surface area (Å²) in [6.07, 6.45) is 1.33. The van der Waals surface area contributed by atoms with Crippen molar-refractivity contribution >= 4 is 11.7 Å². The van der Waals surface area contributed by atoms with Crippen LogP contribution in [-0.2, 0) is 6.54 Å². The smallest absolute Gasteiger partial charge is 0.256 e. The number of nitrogens with one attached hydrogen (secondary N) is 1. The lowest BCUT2D eigenvalue weighted by Gasteiger charge is -2.01. The minimum atomic E-state index is -0.265. The van der Waals surface area contributed by atoms with Crippen molar-refractivity contribution in [3.8, 4) is 0 Å². The first-order chi connectivity index (χ1) is 7.79. The number of nitrogens with two attached hydrogens (primary N) is 1. The molecule has 6 nitrogen and oxygen atoms in total. The molecule has 0 aliphatic heterocycles. The first-order valence-electron chi connectivity index (χ1n) is 4.67. The Balaban J connectivity index is 2.09. The zero-order chi connectivity index (χ0) is 11.4. The maximum Gasteiger partial charge on any atom is 0.256 e. The summed E-state index contributed by atoms with van der Waals surface area (Å²) in [6, 6.07) is 7.00. The minimum Gasteiger partial charge on any atom is -0.326 e. The third-order valence-electron chi connectivity index (χ3n) is 2.05. The normalized spacial score (nSPS) is 10.1. The standard InChI is InChI=1S/C10H10N4O2/c11-5-7-1-3-8(4-2-7)10(15)13-9-6-12-16-14-9/h1-4,6H,5,11H2,(H,13,14,15). The van der Waals surface area contributed by atoms with Crippen molar-refractivity contribution in [1.29, 1.82) is 0 Å². The summed E-state index contributed by atoms with van der Waals surface area (Å²) in [5, 5.41) is 9.39. The van der Waals surface area contributed by atoms with E-state index in [1.165, 1.54) is 6.20 Å². The van der Waals surface area contributed by atoms with Crippen LogP contribution in [0.3, 0.4) is 0 Å². The zero-order valence-electron chi connectivity index (χ0n) is 8.38. The van der Waals surface area contributed by atoms with Gasteiger partial charge in [-0.1, -0.05) is 17.3 Å². The van der Waals surface area contributed by atoms with E-state index in [9.17, 15) is 4.79 Å². The van der Waals surface area contributed by atoms with E-state index in [0.29, 0.717) is 12.1 Å². The molecule has 1 aromatic heterocycles. The summed E-state index contributed by atoms with van der Waals surface area (Å²) in [6.45, 7) is 0.453. The summed E-state index contributed by atoms with van der Waals surface area (Å²) < 4.78 is 4.36. The van der Waals surface area contributed by atoms with E-state index in [4.69, 9.17) is 5.73 Å². The lowest BCUT2D eigenvalue weighted by atomic mass is 10.1. The van der Waals surface area contributed by atoms with Crippen molar-refractivity contribution in [2.24, 2.45) is 5.73 Å². The predicted octanol–water partition coefficient (Wildman–Crippen LogP) is 0.781. The number of carbonyl (C=O) groups excluding carboxylic acids is 1. The molecule has 0 unspecified atom stereocenters. The number of hydrogen-bond donors (Lipinski definition) is 2. The SMILES string of the molecule is NCc1ccc(C(=O)Nc2cnon2)cc1. The Morgan fingerprint density at radius 3 is 2.69 bits per heavy atom. The van der Waals surface area contributed by atoms with Gasteiger partial charge in [0.15, 0.2) is 5.82 Å². The van der Waals surface area contributed by atoms with Crippen molar-refractivity contribution in [2.45, 2.75) is 6.54 Å². The van der Waals surface area contributed by atoms with Crippen LogP contribution >= 0.6 is 0 Å². The lowest BCUT2D eigenvalue weighted by Crippen LogP contribution is -2.12. The van der Waals surface area contributed by atoms with Gasteiger partial charge in [-0.2, -0.15) is 0 Å². The quantitative estimate of drug-likeness (QED) is 0.793. The Bertz CT molecular complexity index is 464. The zero-order valence-corrected chi connectivity index (χ0v) is 8.38. The van der Waals surface area contributed by atoms with Gasteiger partial charge in [-0.3, -0.25) is 4.79 Å². The van der Waals surface area contributed by atoms with Gasteiger partial charge in [-0.15, -0.1) is 0 Å². The van der Waals surface area contributed by atoms with Crippen LogP contribution in [0.1, 0.15) is 15.9 Å². The van der Waals surface area contributed by atoms with E-state index in [2.05, 4.69) is 20.3 Å². The summed E-state index contributed by atoms with van der Waals surface area (Å²) >= 11 is 0. The van der Waals surface area contributed by atoms with Gasteiger partial charge in [-0.25, -0.2) is 4.63 Å². The maximum absolute atomic E-state index is 11.7. The Morgan fingerprint density at radius 2 is 2.12 bits per heavy atom. The van der Waals surface area contributed by atoms with Crippen LogP contribution in [0.15, 0.2) is 35.1 Å². The second-order valence-electron chi connectivity index (χ2n) is 3.15. The summed E-state index contributed by atoms with van der Waals surface area (Å²) in [4.78, 5) is 11.7. The van der Waals surface area contributed by atoms with Gasteiger partial charge in [0.2, 0.25) is 0 Å². The molecule has 2 aromatic rings. The highest BCUT2D eigenvalue weighted by Crippen LogP contribution is 2.07. The fourth-order valence-electron chi connectivity index (χ4n) is 1.20. The number of anilines is 1. The number of amides is 1. The Hall–Kier alpha value is -2.21. The van der Waals surface area contributed by atoms with E-state index in [-0.39, 0.29) is 11.7 Å². The van der Waals surface area contributed by atoms with Crippen molar-refractivity contribution in [1.82, 2.24) is 10.3 Å². The van der Waals surface area contributed by atoms with Crippen LogP contribution in [0.5, 0.6) is 0 Å². The molecule has 0 radical (unpaired) electrons. The molecule has 0 aliphatic carbocycles. The first-order valence-corrected chi connectivity index (χ1v) is 4.67. The fourth-order valence-corrected chi connectivity index (χ4v) is 1.20. The molecule has 1 amide bonds. The number of rotatable bonds is 3. The molecule has 3 N–H and O–H groups in total. The van der Waals surface area contributed by atoms with Crippen LogP contribution in [0.4, 0.5) is 5.82 Å². The van der Waals surface area contributed by atoms with E-state index in [0.717, 1.165) is 5.56 Å². The van der Waals surface area contributed by atoms with Crippen molar-refractivity contribution in [2.75, 3.05) is 5.32 Å². The summed E-state index contributed by atoms with van der Waals surface area (Å²) in [5.41, 5.74) is 6.95. The third kappa shape index (κ3) is 2.23. The van der Waals surface area contributed by atoms with Crippen LogP contribution in [0, 0.1) is 0 Å². The van der Waals surface area contributed by atoms with Gasteiger partial charge in [-0.05, 0) is 22.9 Å². The molecule has 1 heterocycles. The largest absolute Gasteiger partial charge is 0.326 e. The van der Waals surface area contributed by atoms with E-state index in [1.807, 2.05) is 0 Å². The molecule has 82 valence electrons. The molecular weight excluding hydrogens is 208 g/mol. The molecule has 0 spiro atoms. The molecule has 0 saturated carbocycles. The number of benzene rings is 1. The molecular formula is C10H10N4O2. The highest BCUT2D eigenvalue weighted by Gasteiger charge is 2.07. The van der Waals surface area contributed by atoms with E-state index in [1.54, 1.807) is 24.3 Å². The molecule has 0 saturated heterocycles. The molecule has 2 rings (SSSR count). The predicted molar refractivity (Wildman–Crippen MR) is 56.6 cm³/mol. The highest BCUT2D eigenvalue weighted by molar-refractivity contribution is 6.03. The topological polar surface area (TPSA) is 94.0 Å². The second-order valence-corrected chi connectivity index (χ2v) is 3.15. The van der Waals surface area contributed by atoms with Crippen LogP contribution < -0.4 is 11.1 Å². The number of nitrogens with zero attached hydrogens (tertiary/aromatic N) is 2. The Kier molecular flexibility index (Phi) is 2.93. The summed E-state index contributed by atoms with van der Waals surface area (Å²) in [5.74, 6) is 0.0205. The Labute approximate surface area is 91.4 Å². The number of aromatic nitrogens is 2. The summed E-state index contributed by atoms with van der Waals surface area (Å²) in [7, 11) is 0. The van der Waals surface area contributed by atoms with Crippen LogP contribution in [0.2, 0.25) is 0 Å². The number of carbonyl (C=O) groups is 1. The molecule has 0 aliphatic rings. The average molecular weight is 218 g/mol. The molecule has 1 aromatic carbocycles. The lowest BCUT2D eigenvalue weighted by molar-refractivity contribution is 0.102. The van der Waals surface area contributed by atoms with Crippen molar-refractivity contribution in [3.05, 3.63) is 41.6 Å². The molecule has 0 fully saturated rings. The van der Waals surface area contributed by atoms with Gasteiger partial charge in [0, 0.05) is 12.1 Å². The van der Waals surface area contributed by atoms with Gasteiger partial charge in [0.1, 0.15) is 6.20 Å². The monoisotopic (exact) mass is 218 g/mol. The third-order valence-corrected chi connectivity index (χ3v) is 2.05. The average Bonchev–Trinajstić information content (AvgIpc) is 2.82. The number of hydrogen-bond acceptors (Lipinski definition) is 5. The molecule has 16 heavy (non-hydrogen) atoms. The molecule has 0 bridgehead atoms. The van der Waals surface area contributed by atoms with Gasteiger partial charge in [0.25, 0.3) is 5.91 Å². The van der Waals surface area contributed by atoms with Crippen LogP contribution in [0.25, 0.3) is 0 Å². The van der Waals surface area contributed by atoms with Gasteiger partial charge in [0.05, 0.1) is 0 Å². The Morgan fingerprint density at radius 1 is 1.38 bits per heavy atom. The van der Waals surface area contributed by atoms with Crippen LogP contribution in [-0.4, -0.2) is 16.2 Å². The minimum absolute atomic E-state index is 0.265.